The maximum atomic E-state index is 13.5. The molecular formula is C14H19FO2. The second kappa shape index (κ2) is 6.01. The molecule has 0 saturated carbocycles. The minimum Gasteiger partial charge on any atom is -0.491 e. The van der Waals surface area contributed by atoms with Crippen LogP contribution in [0.2, 0.25) is 0 Å². The molecule has 17 heavy (non-hydrogen) atoms. The molecular weight excluding hydrogens is 219 g/mol. The Bertz CT molecular complexity index is 359. The van der Waals surface area contributed by atoms with E-state index >= 15 is 0 Å². The summed E-state index contributed by atoms with van der Waals surface area (Å²) in [4.78, 5) is 0. The van der Waals surface area contributed by atoms with Crippen LogP contribution in [0.1, 0.15) is 24.8 Å². The first kappa shape index (κ1) is 12.4. The molecule has 1 aromatic rings. The molecule has 1 fully saturated rings. The molecule has 3 heteroatoms. The molecule has 94 valence electrons. The quantitative estimate of drug-likeness (QED) is 0.801. The molecule has 1 heterocycles. The minimum absolute atomic E-state index is 0.267. The standard InChI is InChI=1S/C14H19FO2/c1-11-2-3-14(13(15)10-11)17-9-6-12-4-7-16-8-5-12/h2-3,10,12H,4-9H2,1H3. The maximum Gasteiger partial charge on any atom is 0.165 e. The minimum atomic E-state index is -0.267. The summed E-state index contributed by atoms with van der Waals surface area (Å²) < 4.78 is 24.2. The second-order valence-electron chi connectivity index (χ2n) is 4.63. The van der Waals surface area contributed by atoms with Gasteiger partial charge in [0.05, 0.1) is 6.61 Å². The topological polar surface area (TPSA) is 18.5 Å². The Hall–Kier alpha value is -1.09. The summed E-state index contributed by atoms with van der Waals surface area (Å²) in [6.45, 7) is 4.16. The number of halogens is 1. The molecule has 0 atom stereocenters. The molecule has 1 aliphatic rings. The largest absolute Gasteiger partial charge is 0.491 e. The summed E-state index contributed by atoms with van der Waals surface area (Å²) in [5, 5.41) is 0. The highest BCUT2D eigenvalue weighted by Crippen LogP contribution is 2.21. The van der Waals surface area contributed by atoms with Gasteiger partial charge in [0.2, 0.25) is 0 Å². The molecule has 0 unspecified atom stereocenters. The summed E-state index contributed by atoms with van der Waals surface area (Å²) in [6, 6.07) is 5.07. The first-order chi connectivity index (χ1) is 8.25. The fourth-order valence-electron chi connectivity index (χ4n) is 2.09. The van der Waals surface area contributed by atoms with Gasteiger partial charge in [-0.2, -0.15) is 0 Å². The van der Waals surface area contributed by atoms with E-state index in [0.717, 1.165) is 38.0 Å². The predicted octanol–water partition coefficient (Wildman–Crippen LogP) is 3.33. The van der Waals surface area contributed by atoms with E-state index in [1.807, 2.05) is 13.0 Å². The van der Waals surface area contributed by atoms with E-state index in [4.69, 9.17) is 9.47 Å². The molecule has 0 amide bonds. The average Bonchev–Trinajstić information content (AvgIpc) is 2.33. The lowest BCUT2D eigenvalue weighted by atomic mass is 9.97. The van der Waals surface area contributed by atoms with Gasteiger partial charge < -0.3 is 9.47 Å². The Morgan fingerprint density at radius 3 is 2.82 bits per heavy atom. The van der Waals surface area contributed by atoms with E-state index in [0.29, 0.717) is 18.3 Å². The highest BCUT2D eigenvalue weighted by molar-refractivity contribution is 5.28. The van der Waals surface area contributed by atoms with Gasteiger partial charge in [-0.15, -0.1) is 0 Å². The Morgan fingerprint density at radius 2 is 2.12 bits per heavy atom. The van der Waals surface area contributed by atoms with Gasteiger partial charge in [0.15, 0.2) is 11.6 Å². The molecule has 0 aromatic heterocycles. The number of hydrogen-bond acceptors (Lipinski definition) is 2. The zero-order valence-electron chi connectivity index (χ0n) is 10.2. The number of hydrogen-bond donors (Lipinski definition) is 0. The average molecular weight is 238 g/mol. The highest BCUT2D eigenvalue weighted by atomic mass is 19.1. The molecule has 2 rings (SSSR count). The monoisotopic (exact) mass is 238 g/mol. The van der Waals surface area contributed by atoms with Crippen LogP contribution in [0.4, 0.5) is 4.39 Å². The third-order valence-corrected chi connectivity index (χ3v) is 3.21. The van der Waals surface area contributed by atoms with Crippen molar-refractivity contribution in [2.45, 2.75) is 26.2 Å². The second-order valence-corrected chi connectivity index (χ2v) is 4.63. The molecule has 0 radical (unpaired) electrons. The van der Waals surface area contributed by atoms with Gasteiger partial charge in [0.1, 0.15) is 0 Å². The first-order valence-electron chi connectivity index (χ1n) is 6.22. The molecule has 0 aliphatic carbocycles. The SMILES string of the molecule is Cc1ccc(OCCC2CCOCC2)c(F)c1. The fourth-order valence-corrected chi connectivity index (χ4v) is 2.09. The van der Waals surface area contributed by atoms with Gasteiger partial charge >= 0.3 is 0 Å². The number of ether oxygens (including phenoxy) is 2. The van der Waals surface area contributed by atoms with Crippen LogP contribution in [0.25, 0.3) is 0 Å². The summed E-state index contributed by atoms with van der Waals surface area (Å²) in [7, 11) is 0. The molecule has 2 nitrogen and oxygen atoms in total. The van der Waals surface area contributed by atoms with Gasteiger partial charge in [-0.3, -0.25) is 0 Å². The van der Waals surface area contributed by atoms with E-state index in [2.05, 4.69) is 0 Å². The van der Waals surface area contributed by atoms with E-state index < -0.39 is 0 Å². The zero-order chi connectivity index (χ0) is 12.1. The van der Waals surface area contributed by atoms with Crippen molar-refractivity contribution in [2.24, 2.45) is 5.92 Å². The molecule has 1 saturated heterocycles. The molecule has 0 N–H and O–H groups in total. The number of benzene rings is 1. The van der Waals surface area contributed by atoms with Crippen molar-refractivity contribution in [2.75, 3.05) is 19.8 Å². The maximum absolute atomic E-state index is 13.5. The van der Waals surface area contributed by atoms with E-state index in [9.17, 15) is 4.39 Å². The van der Waals surface area contributed by atoms with Crippen LogP contribution >= 0.6 is 0 Å². The van der Waals surface area contributed by atoms with Crippen molar-refractivity contribution >= 4 is 0 Å². The van der Waals surface area contributed by atoms with Crippen LogP contribution in [-0.2, 0) is 4.74 Å². The Kier molecular flexibility index (Phi) is 4.37. The van der Waals surface area contributed by atoms with Crippen LogP contribution in [-0.4, -0.2) is 19.8 Å². The summed E-state index contributed by atoms with van der Waals surface area (Å²) in [5.74, 6) is 0.761. The molecule has 1 aromatic carbocycles. The van der Waals surface area contributed by atoms with Crippen molar-refractivity contribution in [3.8, 4) is 5.75 Å². The number of rotatable bonds is 4. The molecule has 0 spiro atoms. The van der Waals surface area contributed by atoms with E-state index in [-0.39, 0.29) is 5.82 Å². The smallest absolute Gasteiger partial charge is 0.165 e. The number of aryl methyl sites for hydroxylation is 1. The lowest BCUT2D eigenvalue weighted by molar-refractivity contribution is 0.0591. The van der Waals surface area contributed by atoms with Gasteiger partial charge in [0.25, 0.3) is 0 Å². The lowest BCUT2D eigenvalue weighted by Crippen LogP contribution is -2.17. The third-order valence-electron chi connectivity index (χ3n) is 3.21. The van der Waals surface area contributed by atoms with Gasteiger partial charge in [-0.1, -0.05) is 6.07 Å². The fraction of sp³-hybridized carbons (Fsp3) is 0.571. The Balaban J connectivity index is 1.77. The summed E-state index contributed by atoms with van der Waals surface area (Å²) in [6.07, 6.45) is 3.18. The Labute approximate surface area is 102 Å². The first-order valence-corrected chi connectivity index (χ1v) is 6.22. The van der Waals surface area contributed by atoms with Crippen LogP contribution in [0, 0.1) is 18.7 Å². The van der Waals surface area contributed by atoms with Gasteiger partial charge in [0, 0.05) is 13.2 Å². The van der Waals surface area contributed by atoms with Gasteiger partial charge in [-0.25, -0.2) is 4.39 Å². The Morgan fingerprint density at radius 1 is 1.35 bits per heavy atom. The zero-order valence-corrected chi connectivity index (χ0v) is 10.2. The van der Waals surface area contributed by atoms with Crippen LogP contribution in [0.3, 0.4) is 0 Å². The van der Waals surface area contributed by atoms with Crippen LogP contribution in [0.15, 0.2) is 18.2 Å². The van der Waals surface area contributed by atoms with Crippen molar-refractivity contribution in [3.63, 3.8) is 0 Å². The summed E-state index contributed by atoms with van der Waals surface area (Å²) in [5.41, 5.74) is 0.916. The highest BCUT2D eigenvalue weighted by Gasteiger charge is 2.13. The van der Waals surface area contributed by atoms with Crippen molar-refractivity contribution in [3.05, 3.63) is 29.6 Å². The van der Waals surface area contributed by atoms with Crippen molar-refractivity contribution in [1.82, 2.24) is 0 Å². The van der Waals surface area contributed by atoms with E-state index in [1.54, 1.807) is 6.07 Å². The van der Waals surface area contributed by atoms with Crippen molar-refractivity contribution < 1.29 is 13.9 Å². The third kappa shape index (κ3) is 3.70. The summed E-state index contributed by atoms with van der Waals surface area (Å²) >= 11 is 0. The van der Waals surface area contributed by atoms with Gasteiger partial charge in [-0.05, 0) is 49.8 Å². The predicted molar refractivity (Wildman–Crippen MR) is 64.8 cm³/mol. The molecule has 0 bridgehead atoms. The van der Waals surface area contributed by atoms with Crippen LogP contribution < -0.4 is 4.74 Å². The molecule has 1 aliphatic heterocycles. The van der Waals surface area contributed by atoms with E-state index in [1.165, 1.54) is 6.07 Å². The van der Waals surface area contributed by atoms with Crippen LogP contribution in [0.5, 0.6) is 5.75 Å². The normalized spacial score (nSPS) is 17.1. The lowest BCUT2D eigenvalue weighted by Gasteiger charge is -2.21. The van der Waals surface area contributed by atoms with Crippen molar-refractivity contribution in [1.29, 1.82) is 0 Å².